The number of hydrogen-bond acceptors (Lipinski definition) is 3. The van der Waals surface area contributed by atoms with Crippen LogP contribution in [0.5, 0.6) is 0 Å². The van der Waals surface area contributed by atoms with E-state index in [0.29, 0.717) is 22.7 Å². The molecule has 0 unspecified atom stereocenters. The number of para-hydroxylation sites is 1. The third-order valence-electron chi connectivity index (χ3n) is 5.41. The smallest absolute Gasteiger partial charge is 0.374 e. The predicted molar refractivity (Wildman–Crippen MR) is 134 cm³/mol. The molecule has 2 aromatic carbocycles. The van der Waals surface area contributed by atoms with Gasteiger partial charge in [-0.25, -0.2) is 9.99 Å². The van der Waals surface area contributed by atoms with Gasteiger partial charge < -0.3 is 5.73 Å². The number of rotatable bonds is 4. The van der Waals surface area contributed by atoms with Crippen LogP contribution in [-0.2, 0) is 23.6 Å². The number of aromatic nitrogens is 2. The van der Waals surface area contributed by atoms with Gasteiger partial charge in [-0.1, -0.05) is 35.9 Å². The minimum Gasteiger partial charge on any atom is -0.374 e. The highest BCUT2D eigenvalue weighted by Gasteiger charge is 2.32. The molecule has 198 valence electrons. The summed E-state index contributed by atoms with van der Waals surface area (Å²) in [5.74, 6) is -0.666. The SMILES string of the molecule is NC(=S)N(NC(=O)Cc1cn(-c2ncc(C(F)(F)F)cc2Cl)c2ccccc12)c1cccc(C(F)(F)F)c1. The number of nitrogens with one attached hydrogen (secondary N) is 1. The number of fused-ring (bicyclic) bond motifs is 1. The summed E-state index contributed by atoms with van der Waals surface area (Å²) in [7, 11) is 0. The largest absolute Gasteiger partial charge is 0.417 e. The predicted octanol–water partition coefficient (Wildman–Crippen LogP) is 6.04. The monoisotopic (exact) mass is 571 g/mol. The third-order valence-corrected chi connectivity index (χ3v) is 5.87. The van der Waals surface area contributed by atoms with Gasteiger partial charge in [0.2, 0.25) is 5.91 Å². The van der Waals surface area contributed by atoms with E-state index in [4.69, 9.17) is 29.6 Å². The number of nitrogens with zero attached hydrogens (tertiary/aromatic N) is 3. The molecule has 0 aliphatic rings. The molecule has 3 N–H and O–H groups in total. The van der Waals surface area contributed by atoms with Gasteiger partial charge in [0.15, 0.2) is 10.9 Å². The van der Waals surface area contributed by atoms with Crippen LogP contribution in [0.15, 0.2) is 67.0 Å². The van der Waals surface area contributed by atoms with Crippen molar-refractivity contribution in [2.75, 3.05) is 5.01 Å². The highest BCUT2D eigenvalue weighted by Crippen LogP contribution is 2.34. The Morgan fingerprint density at radius 3 is 2.34 bits per heavy atom. The Bertz CT molecular complexity index is 1540. The molecule has 4 rings (SSSR count). The number of pyridine rings is 1. The average Bonchev–Trinajstić information content (AvgIpc) is 3.19. The van der Waals surface area contributed by atoms with Crippen molar-refractivity contribution in [2.45, 2.75) is 18.8 Å². The fourth-order valence-corrected chi connectivity index (χ4v) is 4.14. The van der Waals surface area contributed by atoms with Crippen molar-refractivity contribution in [3.8, 4) is 5.82 Å². The summed E-state index contributed by atoms with van der Waals surface area (Å²) in [5.41, 5.74) is 6.90. The minimum absolute atomic E-state index is 0.0104. The second-order valence-corrected chi connectivity index (χ2v) is 8.83. The van der Waals surface area contributed by atoms with E-state index in [9.17, 15) is 31.1 Å². The first-order chi connectivity index (χ1) is 17.8. The molecule has 6 nitrogen and oxygen atoms in total. The molecule has 0 atom stereocenters. The van der Waals surface area contributed by atoms with Gasteiger partial charge in [-0.15, -0.1) is 0 Å². The fraction of sp³-hybridized carbons (Fsp3) is 0.125. The summed E-state index contributed by atoms with van der Waals surface area (Å²) < 4.78 is 80.0. The van der Waals surface area contributed by atoms with E-state index in [1.54, 1.807) is 24.3 Å². The first-order valence-corrected chi connectivity index (χ1v) is 11.4. The number of benzene rings is 2. The molecule has 0 saturated heterocycles. The van der Waals surface area contributed by atoms with Crippen LogP contribution in [0, 0.1) is 0 Å². The molecule has 4 aromatic rings. The first kappa shape index (κ1) is 27.2. The van der Waals surface area contributed by atoms with Crippen LogP contribution >= 0.6 is 23.8 Å². The van der Waals surface area contributed by atoms with Crippen molar-refractivity contribution in [1.82, 2.24) is 15.0 Å². The zero-order valence-corrected chi connectivity index (χ0v) is 20.5. The molecule has 0 spiro atoms. The molecule has 0 aliphatic carbocycles. The maximum absolute atomic E-state index is 13.1. The standard InChI is InChI=1S/C24H16ClF6N5OS/c25-18-10-15(24(29,30)31)11-33-21(18)35-12-13(17-6-1-2-7-19(17)35)8-20(37)34-36(22(32)38)16-5-3-4-14(9-16)23(26,27)28/h1-7,9-12H,8H2,(H2,32,38)(H,34,37). The van der Waals surface area contributed by atoms with E-state index in [0.717, 1.165) is 29.3 Å². The highest BCUT2D eigenvalue weighted by atomic mass is 35.5. The number of thiocarbonyl (C=S) groups is 1. The number of carbonyl (C=O) groups excluding carboxylic acids is 1. The van der Waals surface area contributed by atoms with E-state index in [2.05, 4.69) is 10.4 Å². The van der Waals surface area contributed by atoms with E-state index in [1.165, 1.54) is 16.8 Å². The van der Waals surface area contributed by atoms with Crippen LogP contribution in [0.2, 0.25) is 5.02 Å². The average molecular weight is 572 g/mol. The van der Waals surface area contributed by atoms with Crippen molar-refractivity contribution in [1.29, 1.82) is 0 Å². The van der Waals surface area contributed by atoms with Crippen LogP contribution in [0.25, 0.3) is 16.7 Å². The molecular formula is C24H16ClF6N5OS. The Morgan fingerprint density at radius 2 is 1.71 bits per heavy atom. The Kier molecular flexibility index (Phi) is 7.26. The van der Waals surface area contributed by atoms with E-state index in [1.807, 2.05) is 0 Å². The van der Waals surface area contributed by atoms with Crippen molar-refractivity contribution < 1.29 is 31.1 Å². The molecule has 0 radical (unpaired) electrons. The lowest BCUT2D eigenvalue weighted by atomic mass is 10.1. The van der Waals surface area contributed by atoms with Crippen LogP contribution in [0.3, 0.4) is 0 Å². The van der Waals surface area contributed by atoms with Gasteiger partial charge in [-0.05, 0) is 48.1 Å². The van der Waals surface area contributed by atoms with Crippen LogP contribution in [0.1, 0.15) is 16.7 Å². The number of hydrazine groups is 1. The lowest BCUT2D eigenvalue weighted by molar-refractivity contribution is -0.138. The fourth-order valence-electron chi connectivity index (χ4n) is 3.73. The topological polar surface area (TPSA) is 76.2 Å². The summed E-state index contributed by atoms with van der Waals surface area (Å²) >= 11 is 11.0. The molecule has 0 saturated carbocycles. The Labute approximate surface area is 221 Å². The normalized spacial score (nSPS) is 12.0. The number of hydrogen-bond donors (Lipinski definition) is 2. The molecule has 0 aliphatic heterocycles. The quantitative estimate of drug-likeness (QED) is 0.177. The zero-order chi connectivity index (χ0) is 27.8. The molecular weight excluding hydrogens is 556 g/mol. The molecule has 2 heterocycles. The molecule has 0 fully saturated rings. The van der Waals surface area contributed by atoms with Gasteiger partial charge >= 0.3 is 12.4 Å². The summed E-state index contributed by atoms with van der Waals surface area (Å²) in [5, 5.41) is 0.753. The molecule has 14 heteroatoms. The van der Waals surface area contributed by atoms with Gasteiger partial charge in [-0.2, -0.15) is 26.3 Å². The Morgan fingerprint density at radius 1 is 1.03 bits per heavy atom. The van der Waals surface area contributed by atoms with Crippen LogP contribution in [0.4, 0.5) is 32.0 Å². The Balaban J connectivity index is 1.65. The summed E-state index contributed by atoms with van der Waals surface area (Å²) in [6.45, 7) is 0. The summed E-state index contributed by atoms with van der Waals surface area (Å²) in [6, 6.07) is 11.6. The minimum atomic E-state index is -4.63. The van der Waals surface area contributed by atoms with E-state index < -0.39 is 34.5 Å². The van der Waals surface area contributed by atoms with Gasteiger partial charge in [0.1, 0.15) is 0 Å². The van der Waals surface area contributed by atoms with E-state index in [-0.39, 0.29) is 22.9 Å². The van der Waals surface area contributed by atoms with Crippen LogP contribution < -0.4 is 16.2 Å². The van der Waals surface area contributed by atoms with Gasteiger partial charge in [0.25, 0.3) is 0 Å². The lowest BCUT2D eigenvalue weighted by Crippen LogP contribution is -2.49. The Hall–Kier alpha value is -3.84. The number of halogens is 7. The number of amides is 1. The van der Waals surface area contributed by atoms with Gasteiger partial charge in [-0.3, -0.25) is 14.8 Å². The van der Waals surface area contributed by atoms with E-state index >= 15 is 0 Å². The maximum Gasteiger partial charge on any atom is 0.417 e. The second kappa shape index (κ2) is 10.1. The number of alkyl halides is 6. The van der Waals surface area contributed by atoms with Gasteiger partial charge in [0.05, 0.1) is 33.8 Å². The first-order valence-electron chi connectivity index (χ1n) is 10.6. The van der Waals surface area contributed by atoms with Crippen molar-refractivity contribution in [3.05, 3.63) is 88.7 Å². The highest BCUT2D eigenvalue weighted by molar-refractivity contribution is 7.80. The second-order valence-electron chi connectivity index (χ2n) is 8.00. The lowest BCUT2D eigenvalue weighted by Gasteiger charge is -2.24. The van der Waals surface area contributed by atoms with Crippen LogP contribution in [-0.4, -0.2) is 20.6 Å². The number of nitrogens with two attached hydrogens (primary N) is 1. The number of anilines is 1. The van der Waals surface area contributed by atoms with Crippen molar-refractivity contribution >= 4 is 51.4 Å². The molecule has 38 heavy (non-hydrogen) atoms. The molecule has 0 bridgehead atoms. The summed E-state index contributed by atoms with van der Waals surface area (Å²) in [6.07, 6.45) is -7.41. The maximum atomic E-state index is 13.1. The third kappa shape index (κ3) is 5.68. The van der Waals surface area contributed by atoms with Crippen molar-refractivity contribution in [2.24, 2.45) is 5.73 Å². The van der Waals surface area contributed by atoms with Crippen molar-refractivity contribution in [3.63, 3.8) is 0 Å². The van der Waals surface area contributed by atoms with Gasteiger partial charge in [0, 0.05) is 17.8 Å². The molecule has 1 amide bonds. The molecule has 2 aromatic heterocycles. The zero-order valence-electron chi connectivity index (χ0n) is 18.9. The summed E-state index contributed by atoms with van der Waals surface area (Å²) in [4.78, 5) is 16.8. The number of carbonyl (C=O) groups is 1.